The van der Waals surface area contributed by atoms with E-state index >= 15 is 0 Å². The number of aromatic nitrogens is 3. The second kappa shape index (κ2) is 6.23. The summed E-state index contributed by atoms with van der Waals surface area (Å²) in [4.78, 5) is 20.5. The molecular weight excluding hydrogens is 310 g/mol. The summed E-state index contributed by atoms with van der Waals surface area (Å²) in [6.45, 7) is 9.37. The highest BCUT2D eigenvalue weighted by atomic mass is 32.1. The van der Waals surface area contributed by atoms with Gasteiger partial charge in [0, 0.05) is 44.0 Å². The van der Waals surface area contributed by atoms with Crippen LogP contribution < -0.4 is 4.90 Å². The van der Waals surface area contributed by atoms with Crippen LogP contribution in [0.15, 0.2) is 24.5 Å². The van der Waals surface area contributed by atoms with Crippen LogP contribution in [0.4, 0.5) is 5.13 Å². The Balaban J connectivity index is 1.62. The number of carbonyl (C=O) groups excluding carboxylic acids is 1. The quantitative estimate of drug-likeness (QED) is 0.844. The van der Waals surface area contributed by atoms with Crippen molar-refractivity contribution in [2.45, 2.75) is 26.2 Å². The highest BCUT2D eigenvalue weighted by Crippen LogP contribution is 2.30. The molecule has 3 heterocycles. The topological polar surface area (TPSA) is 62.2 Å². The first-order chi connectivity index (χ1) is 10.9. The molecule has 1 fully saturated rings. The van der Waals surface area contributed by atoms with E-state index in [1.807, 2.05) is 11.0 Å². The molecule has 0 N–H and O–H groups in total. The van der Waals surface area contributed by atoms with Crippen LogP contribution in [0.5, 0.6) is 0 Å². The molecule has 0 radical (unpaired) electrons. The molecule has 3 rings (SSSR count). The van der Waals surface area contributed by atoms with Crippen LogP contribution in [0.1, 0.15) is 36.1 Å². The fraction of sp³-hybridized carbons (Fsp3) is 0.500. The van der Waals surface area contributed by atoms with E-state index in [-0.39, 0.29) is 11.3 Å². The minimum Gasteiger partial charge on any atom is -0.343 e. The number of amides is 1. The maximum Gasteiger partial charge on any atom is 0.255 e. The molecule has 0 unspecified atom stereocenters. The first kappa shape index (κ1) is 15.9. The monoisotopic (exact) mass is 331 g/mol. The fourth-order valence-corrected chi connectivity index (χ4v) is 3.37. The van der Waals surface area contributed by atoms with Gasteiger partial charge in [0.1, 0.15) is 5.01 Å². The van der Waals surface area contributed by atoms with Crippen molar-refractivity contribution in [2.24, 2.45) is 0 Å². The fourth-order valence-electron chi connectivity index (χ4n) is 2.42. The molecule has 0 bridgehead atoms. The Labute approximate surface area is 140 Å². The Morgan fingerprint density at radius 1 is 1.17 bits per heavy atom. The lowest BCUT2D eigenvalue weighted by atomic mass is 9.98. The Hall–Kier alpha value is -2.02. The van der Waals surface area contributed by atoms with Gasteiger partial charge in [-0.25, -0.2) is 0 Å². The molecule has 7 heteroatoms. The summed E-state index contributed by atoms with van der Waals surface area (Å²) in [5, 5.41) is 10.6. The van der Waals surface area contributed by atoms with Gasteiger partial charge < -0.3 is 9.80 Å². The average Bonchev–Trinajstić information content (AvgIpc) is 3.05. The number of anilines is 1. The minimum atomic E-state index is 0.0218. The molecule has 1 amide bonds. The van der Waals surface area contributed by atoms with E-state index in [0.29, 0.717) is 18.7 Å². The van der Waals surface area contributed by atoms with E-state index < -0.39 is 0 Å². The van der Waals surface area contributed by atoms with E-state index in [0.717, 1.165) is 23.2 Å². The maximum absolute atomic E-state index is 12.4. The largest absolute Gasteiger partial charge is 0.343 e. The number of rotatable bonds is 2. The van der Waals surface area contributed by atoms with Gasteiger partial charge in [-0.1, -0.05) is 32.1 Å². The number of piperazine rings is 1. The third-order valence-electron chi connectivity index (χ3n) is 3.80. The molecule has 2 aromatic rings. The summed E-state index contributed by atoms with van der Waals surface area (Å²) < 4.78 is 0. The van der Waals surface area contributed by atoms with Crippen LogP contribution in [-0.4, -0.2) is 52.2 Å². The summed E-state index contributed by atoms with van der Waals surface area (Å²) in [7, 11) is 0. The lowest BCUT2D eigenvalue weighted by Crippen LogP contribution is -2.48. The van der Waals surface area contributed by atoms with Crippen LogP contribution in [0.3, 0.4) is 0 Å². The summed E-state index contributed by atoms with van der Waals surface area (Å²) >= 11 is 1.64. The predicted molar refractivity (Wildman–Crippen MR) is 91.0 cm³/mol. The van der Waals surface area contributed by atoms with Gasteiger partial charge in [0.25, 0.3) is 5.91 Å². The molecule has 23 heavy (non-hydrogen) atoms. The molecule has 2 aromatic heterocycles. The SMILES string of the molecule is CC(C)(C)c1nnc(N2CCN(C(=O)c3cccnc3)CC2)s1. The van der Waals surface area contributed by atoms with Gasteiger partial charge in [-0.15, -0.1) is 10.2 Å². The maximum atomic E-state index is 12.4. The van der Waals surface area contributed by atoms with Crippen molar-refractivity contribution in [3.63, 3.8) is 0 Å². The van der Waals surface area contributed by atoms with Gasteiger partial charge >= 0.3 is 0 Å². The van der Waals surface area contributed by atoms with E-state index in [9.17, 15) is 4.79 Å². The van der Waals surface area contributed by atoms with Crippen LogP contribution in [0.2, 0.25) is 0 Å². The van der Waals surface area contributed by atoms with Gasteiger partial charge in [0.2, 0.25) is 5.13 Å². The zero-order valence-electron chi connectivity index (χ0n) is 13.7. The zero-order chi connectivity index (χ0) is 16.4. The van der Waals surface area contributed by atoms with E-state index in [1.165, 1.54) is 0 Å². The first-order valence-electron chi connectivity index (χ1n) is 7.73. The number of hydrogen-bond acceptors (Lipinski definition) is 6. The van der Waals surface area contributed by atoms with Crippen molar-refractivity contribution in [1.82, 2.24) is 20.1 Å². The summed E-state index contributed by atoms with van der Waals surface area (Å²) in [6.07, 6.45) is 3.30. The van der Waals surface area contributed by atoms with Crippen molar-refractivity contribution in [1.29, 1.82) is 0 Å². The third-order valence-corrected chi connectivity index (χ3v) is 5.21. The van der Waals surface area contributed by atoms with Crippen molar-refractivity contribution in [3.05, 3.63) is 35.1 Å². The molecule has 0 aliphatic carbocycles. The van der Waals surface area contributed by atoms with Crippen LogP contribution in [0.25, 0.3) is 0 Å². The summed E-state index contributed by atoms with van der Waals surface area (Å²) in [5.41, 5.74) is 0.667. The number of hydrogen-bond donors (Lipinski definition) is 0. The normalized spacial score (nSPS) is 15.8. The standard InChI is InChI=1S/C16H21N5OS/c1-16(2,3)14-18-19-15(23-14)21-9-7-20(8-10-21)13(22)12-5-4-6-17-11-12/h4-6,11H,7-10H2,1-3H3. The highest BCUT2D eigenvalue weighted by Gasteiger charge is 2.26. The van der Waals surface area contributed by atoms with Crippen LogP contribution in [0, 0.1) is 0 Å². The highest BCUT2D eigenvalue weighted by molar-refractivity contribution is 7.15. The van der Waals surface area contributed by atoms with Gasteiger partial charge in [-0.05, 0) is 12.1 Å². The molecule has 0 atom stereocenters. The third kappa shape index (κ3) is 3.50. The Bertz CT molecular complexity index is 671. The zero-order valence-corrected chi connectivity index (χ0v) is 14.5. The van der Waals surface area contributed by atoms with Gasteiger partial charge in [-0.2, -0.15) is 0 Å². The molecule has 1 aliphatic heterocycles. The van der Waals surface area contributed by atoms with E-state index in [1.54, 1.807) is 29.8 Å². The number of pyridine rings is 1. The van der Waals surface area contributed by atoms with Gasteiger partial charge in [-0.3, -0.25) is 9.78 Å². The number of carbonyl (C=O) groups is 1. The lowest BCUT2D eigenvalue weighted by molar-refractivity contribution is 0.0746. The Morgan fingerprint density at radius 2 is 1.91 bits per heavy atom. The lowest BCUT2D eigenvalue weighted by Gasteiger charge is -2.34. The average molecular weight is 331 g/mol. The molecule has 0 saturated carbocycles. The summed E-state index contributed by atoms with van der Waals surface area (Å²) in [5.74, 6) is 0.0467. The Morgan fingerprint density at radius 3 is 2.48 bits per heavy atom. The van der Waals surface area contributed by atoms with Crippen molar-refractivity contribution in [3.8, 4) is 0 Å². The molecular formula is C16H21N5OS. The molecule has 1 saturated heterocycles. The molecule has 1 aliphatic rings. The Kier molecular flexibility index (Phi) is 4.30. The molecule has 0 aromatic carbocycles. The first-order valence-corrected chi connectivity index (χ1v) is 8.55. The van der Waals surface area contributed by atoms with Crippen LogP contribution >= 0.6 is 11.3 Å². The predicted octanol–water partition coefficient (Wildman–Crippen LogP) is 2.19. The second-order valence-corrected chi connectivity index (χ2v) is 7.62. The molecule has 6 nitrogen and oxygen atoms in total. The smallest absolute Gasteiger partial charge is 0.255 e. The van der Waals surface area contributed by atoms with E-state index in [2.05, 4.69) is 40.9 Å². The minimum absolute atomic E-state index is 0.0218. The van der Waals surface area contributed by atoms with Crippen molar-refractivity contribution >= 4 is 22.4 Å². The van der Waals surface area contributed by atoms with Gasteiger partial charge in [0.15, 0.2) is 0 Å². The van der Waals surface area contributed by atoms with Crippen LogP contribution in [-0.2, 0) is 5.41 Å². The molecule has 0 spiro atoms. The van der Waals surface area contributed by atoms with E-state index in [4.69, 9.17) is 0 Å². The summed E-state index contributed by atoms with van der Waals surface area (Å²) in [6, 6.07) is 3.60. The molecule has 122 valence electrons. The van der Waals surface area contributed by atoms with Gasteiger partial charge in [0.05, 0.1) is 5.56 Å². The number of nitrogens with zero attached hydrogens (tertiary/aromatic N) is 5. The van der Waals surface area contributed by atoms with Crippen molar-refractivity contribution in [2.75, 3.05) is 31.1 Å². The second-order valence-electron chi connectivity index (χ2n) is 6.66. The van der Waals surface area contributed by atoms with Crippen molar-refractivity contribution < 1.29 is 4.79 Å².